The lowest BCUT2D eigenvalue weighted by Crippen LogP contribution is -2.19. The highest BCUT2D eigenvalue weighted by Crippen LogP contribution is 2.24. The molecule has 0 saturated heterocycles. The summed E-state index contributed by atoms with van der Waals surface area (Å²) in [5.41, 5.74) is 1.68. The number of phenols is 2. The van der Waals surface area contributed by atoms with Crippen LogP contribution in [0.5, 0.6) is 11.5 Å². The van der Waals surface area contributed by atoms with Crippen LogP contribution in [0.2, 0.25) is 0 Å². The average molecular weight is 284 g/mol. The van der Waals surface area contributed by atoms with Gasteiger partial charge in [-0.3, -0.25) is 5.10 Å². The molecule has 1 aromatic heterocycles. The zero-order chi connectivity index (χ0) is 14.8. The number of amides is 2. The fourth-order valence-electron chi connectivity index (χ4n) is 1.98. The van der Waals surface area contributed by atoms with E-state index in [2.05, 4.69) is 20.8 Å². The van der Waals surface area contributed by atoms with E-state index in [1.807, 2.05) is 6.07 Å². The van der Waals surface area contributed by atoms with Crippen molar-refractivity contribution in [2.45, 2.75) is 0 Å². The first-order valence-electron chi connectivity index (χ1n) is 6.14. The minimum absolute atomic E-state index is 0.135. The highest BCUT2D eigenvalue weighted by molar-refractivity contribution is 6.01. The molecule has 0 saturated carbocycles. The fraction of sp³-hybridized carbons (Fsp3) is 0. The third-order valence-electron chi connectivity index (χ3n) is 2.86. The first kappa shape index (κ1) is 12.8. The highest BCUT2D eigenvalue weighted by atomic mass is 16.3. The topological polar surface area (TPSA) is 110 Å². The molecule has 0 radical (unpaired) electrons. The summed E-state index contributed by atoms with van der Waals surface area (Å²) in [4.78, 5) is 11.9. The average Bonchev–Trinajstić information content (AvgIpc) is 2.84. The molecule has 21 heavy (non-hydrogen) atoms. The molecule has 106 valence electrons. The Morgan fingerprint density at radius 1 is 1.00 bits per heavy atom. The first-order chi connectivity index (χ1) is 10.1. The van der Waals surface area contributed by atoms with E-state index in [1.54, 1.807) is 18.3 Å². The summed E-state index contributed by atoms with van der Waals surface area (Å²) in [5.74, 6) is -0.270. The van der Waals surface area contributed by atoms with Gasteiger partial charge in [-0.15, -0.1) is 0 Å². The molecule has 0 aliphatic carbocycles. The number of carbonyl (C=O) groups excluding carboxylic acids is 1. The second-order valence-electron chi connectivity index (χ2n) is 4.49. The Kier molecular flexibility index (Phi) is 3.07. The molecular formula is C14H12N4O3. The maximum atomic E-state index is 11.9. The number of urea groups is 1. The van der Waals surface area contributed by atoms with Gasteiger partial charge in [0.05, 0.1) is 11.7 Å². The van der Waals surface area contributed by atoms with Crippen LogP contribution in [0.1, 0.15) is 0 Å². The van der Waals surface area contributed by atoms with Gasteiger partial charge in [-0.2, -0.15) is 5.10 Å². The largest absolute Gasteiger partial charge is 0.508 e. The predicted octanol–water partition coefficient (Wildman–Crippen LogP) is 2.62. The molecule has 2 amide bonds. The second-order valence-corrected chi connectivity index (χ2v) is 4.49. The quantitative estimate of drug-likeness (QED) is 0.498. The summed E-state index contributed by atoms with van der Waals surface area (Å²) in [6, 6.07) is 8.68. The number of nitrogens with one attached hydrogen (secondary N) is 3. The maximum absolute atomic E-state index is 11.9. The summed E-state index contributed by atoms with van der Waals surface area (Å²) >= 11 is 0. The van der Waals surface area contributed by atoms with E-state index < -0.39 is 6.03 Å². The molecule has 0 aliphatic rings. The number of hydrogen-bond donors (Lipinski definition) is 5. The molecule has 1 heterocycles. The van der Waals surface area contributed by atoms with Gasteiger partial charge in [0.15, 0.2) is 0 Å². The van der Waals surface area contributed by atoms with Gasteiger partial charge in [0.1, 0.15) is 11.5 Å². The van der Waals surface area contributed by atoms with Gasteiger partial charge < -0.3 is 20.8 Å². The summed E-state index contributed by atoms with van der Waals surface area (Å²) in [6.45, 7) is 0. The van der Waals surface area contributed by atoms with E-state index in [-0.39, 0.29) is 17.2 Å². The number of aromatic amines is 1. The molecular weight excluding hydrogens is 272 g/mol. The van der Waals surface area contributed by atoms with Crippen LogP contribution in [-0.2, 0) is 0 Å². The highest BCUT2D eigenvalue weighted by Gasteiger charge is 2.06. The van der Waals surface area contributed by atoms with E-state index in [0.29, 0.717) is 5.69 Å². The summed E-state index contributed by atoms with van der Waals surface area (Å²) in [7, 11) is 0. The standard InChI is InChI=1S/C14H12N4O3/c19-11-3-10(4-12(20)6-11)17-14(21)16-9-2-1-8-7-15-18-13(8)5-9/h1-7,19-20H,(H,15,18)(H2,16,17,21). The number of anilines is 2. The number of aromatic hydroxyl groups is 2. The Bertz CT molecular complexity index is 793. The number of carbonyl (C=O) groups is 1. The normalized spacial score (nSPS) is 10.5. The third kappa shape index (κ3) is 2.86. The minimum Gasteiger partial charge on any atom is -0.508 e. The van der Waals surface area contributed by atoms with Crippen molar-refractivity contribution in [3.63, 3.8) is 0 Å². The van der Waals surface area contributed by atoms with Crippen molar-refractivity contribution in [3.8, 4) is 11.5 Å². The molecule has 7 heteroatoms. The van der Waals surface area contributed by atoms with Crippen LogP contribution in [0.25, 0.3) is 10.9 Å². The number of H-pyrrole nitrogens is 1. The molecule has 0 atom stereocenters. The summed E-state index contributed by atoms with van der Waals surface area (Å²) in [5, 5.41) is 31.5. The van der Waals surface area contributed by atoms with Gasteiger partial charge in [-0.05, 0) is 18.2 Å². The van der Waals surface area contributed by atoms with Crippen LogP contribution in [0.4, 0.5) is 16.2 Å². The first-order valence-corrected chi connectivity index (χ1v) is 6.14. The Morgan fingerprint density at radius 3 is 2.48 bits per heavy atom. The van der Waals surface area contributed by atoms with Crippen molar-refractivity contribution in [3.05, 3.63) is 42.6 Å². The van der Waals surface area contributed by atoms with E-state index in [0.717, 1.165) is 10.9 Å². The second kappa shape index (κ2) is 5.04. The van der Waals surface area contributed by atoms with Crippen LogP contribution in [-0.4, -0.2) is 26.4 Å². The van der Waals surface area contributed by atoms with E-state index >= 15 is 0 Å². The molecule has 0 spiro atoms. The summed E-state index contributed by atoms with van der Waals surface area (Å²) < 4.78 is 0. The lowest BCUT2D eigenvalue weighted by Gasteiger charge is -2.08. The van der Waals surface area contributed by atoms with E-state index in [9.17, 15) is 15.0 Å². The lowest BCUT2D eigenvalue weighted by molar-refractivity contribution is 0.262. The third-order valence-corrected chi connectivity index (χ3v) is 2.86. The Hall–Kier alpha value is -3.22. The summed E-state index contributed by atoms with van der Waals surface area (Å²) in [6.07, 6.45) is 1.69. The van der Waals surface area contributed by atoms with Crippen molar-refractivity contribution >= 4 is 28.3 Å². The molecule has 0 unspecified atom stereocenters. The molecule has 0 fully saturated rings. The Labute approximate surface area is 119 Å². The van der Waals surface area contributed by atoms with Crippen LogP contribution < -0.4 is 10.6 Å². The van der Waals surface area contributed by atoms with Gasteiger partial charge >= 0.3 is 6.03 Å². The molecule has 2 aromatic carbocycles. The van der Waals surface area contributed by atoms with E-state index in [1.165, 1.54) is 18.2 Å². The van der Waals surface area contributed by atoms with Crippen LogP contribution >= 0.6 is 0 Å². The number of benzene rings is 2. The van der Waals surface area contributed by atoms with E-state index in [4.69, 9.17) is 0 Å². The Morgan fingerprint density at radius 2 is 1.71 bits per heavy atom. The van der Waals surface area contributed by atoms with Crippen molar-refractivity contribution in [2.24, 2.45) is 0 Å². The molecule has 3 rings (SSSR count). The van der Waals surface area contributed by atoms with Crippen LogP contribution in [0.3, 0.4) is 0 Å². The monoisotopic (exact) mass is 284 g/mol. The number of phenolic OH excluding ortho intramolecular Hbond substituents is 2. The van der Waals surface area contributed by atoms with Crippen molar-refractivity contribution in [1.82, 2.24) is 10.2 Å². The number of nitrogens with zero attached hydrogens (tertiary/aromatic N) is 1. The van der Waals surface area contributed by atoms with Crippen molar-refractivity contribution in [2.75, 3.05) is 10.6 Å². The lowest BCUT2D eigenvalue weighted by atomic mass is 10.2. The molecule has 3 aromatic rings. The number of rotatable bonds is 2. The number of fused-ring (bicyclic) bond motifs is 1. The molecule has 5 N–H and O–H groups in total. The van der Waals surface area contributed by atoms with Crippen LogP contribution in [0, 0.1) is 0 Å². The van der Waals surface area contributed by atoms with Crippen molar-refractivity contribution < 1.29 is 15.0 Å². The minimum atomic E-state index is -0.487. The zero-order valence-corrected chi connectivity index (χ0v) is 10.8. The van der Waals surface area contributed by atoms with Crippen molar-refractivity contribution in [1.29, 1.82) is 0 Å². The Balaban J connectivity index is 1.73. The smallest absolute Gasteiger partial charge is 0.323 e. The number of hydrogen-bond acceptors (Lipinski definition) is 4. The SMILES string of the molecule is O=C(Nc1cc(O)cc(O)c1)Nc1ccc2cn[nH]c2c1. The molecule has 0 aliphatic heterocycles. The maximum Gasteiger partial charge on any atom is 0.323 e. The van der Waals surface area contributed by atoms with Gasteiger partial charge in [-0.25, -0.2) is 4.79 Å². The number of aromatic nitrogens is 2. The van der Waals surface area contributed by atoms with Gasteiger partial charge in [0.25, 0.3) is 0 Å². The van der Waals surface area contributed by atoms with Gasteiger partial charge in [0.2, 0.25) is 0 Å². The molecule has 0 bridgehead atoms. The van der Waals surface area contributed by atoms with Gasteiger partial charge in [0, 0.05) is 35.0 Å². The zero-order valence-electron chi connectivity index (χ0n) is 10.8. The molecule has 7 nitrogen and oxygen atoms in total. The van der Waals surface area contributed by atoms with Gasteiger partial charge in [-0.1, -0.05) is 0 Å². The predicted molar refractivity (Wildman–Crippen MR) is 78.5 cm³/mol. The fourth-order valence-corrected chi connectivity index (χ4v) is 1.98. The van der Waals surface area contributed by atoms with Crippen LogP contribution in [0.15, 0.2) is 42.6 Å².